The molecule has 3 rings (SSSR count). The van der Waals surface area contributed by atoms with Crippen LogP contribution < -0.4 is 10.0 Å². The molecule has 160 valence electrons. The molecule has 1 aromatic rings. The van der Waals surface area contributed by atoms with Gasteiger partial charge in [0, 0.05) is 50.0 Å². The summed E-state index contributed by atoms with van der Waals surface area (Å²) in [7, 11) is -3.30. The lowest BCUT2D eigenvalue weighted by atomic mass is 9.97. The fraction of sp³-hybridized carbons (Fsp3) is 0.550. The van der Waals surface area contributed by atoms with Gasteiger partial charge in [-0.1, -0.05) is 12.1 Å². The molecule has 2 fully saturated rings. The lowest BCUT2D eigenvalue weighted by Gasteiger charge is -2.37. The zero-order valence-corrected chi connectivity index (χ0v) is 17.5. The van der Waals surface area contributed by atoms with Crippen LogP contribution in [0.25, 0.3) is 6.08 Å². The molecule has 2 atom stereocenters. The molecular weight excluding hydrogens is 394 g/mol. The Morgan fingerprint density at radius 1 is 1.21 bits per heavy atom. The summed E-state index contributed by atoms with van der Waals surface area (Å²) in [4.78, 5) is 14.7. The van der Waals surface area contributed by atoms with Gasteiger partial charge in [0.1, 0.15) is 0 Å². The lowest BCUT2D eigenvalue weighted by Crippen LogP contribution is -2.52. The SMILES string of the molecule is CS(=O)(=O)Nc1ccc(/C=C/C(=O)NCC(C2CCOC2)N2CCOCC2)cc1. The Labute approximate surface area is 172 Å². The van der Waals surface area contributed by atoms with Crippen LogP contribution in [0.15, 0.2) is 30.3 Å². The van der Waals surface area contributed by atoms with E-state index in [1.807, 2.05) is 0 Å². The van der Waals surface area contributed by atoms with E-state index in [-0.39, 0.29) is 11.9 Å². The zero-order valence-electron chi connectivity index (χ0n) is 16.7. The topological polar surface area (TPSA) is 97.0 Å². The van der Waals surface area contributed by atoms with E-state index in [2.05, 4.69) is 14.9 Å². The number of nitrogens with zero attached hydrogens (tertiary/aromatic N) is 1. The second kappa shape index (κ2) is 10.2. The van der Waals surface area contributed by atoms with Crippen LogP contribution in [0.2, 0.25) is 0 Å². The molecule has 1 aromatic carbocycles. The van der Waals surface area contributed by atoms with E-state index in [1.165, 1.54) is 6.08 Å². The molecule has 1 amide bonds. The van der Waals surface area contributed by atoms with Crippen LogP contribution in [0, 0.1) is 5.92 Å². The summed E-state index contributed by atoms with van der Waals surface area (Å²) in [5, 5.41) is 3.01. The van der Waals surface area contributed by atoms with Gasteiger partial charge in [0.25, 0.3) is 0 Å². The molecule has 9 heteroatoms. The summed E-state index contributed by atoms with van der Waals surface area (Å²) in [5.74, 6) is 0.271. The minimum Gasteiger partial charge on any atom is -0.381 e. The second-order valence-electron chi connectivity index (χ2n) is 7.41. The number of carbonyl (C=O) groups is 1. The number of amides is 1. The Balaban J connectivity index is 1.53. The Hall–Kier alpha value is -1.94. The van der Waals surface area contributed by atoms with Gasteiger partial charge in [-0.25, -0.2) is 8.42 Å². The first-order valence-electron chi connectivity index (χ1n) is 9.84. The van der Waals surface area contributed by atoms with E-state index < -0.39 is 10.0 Å². The number of anilines is 1. The Bertz CT molecular complexity index is 798. The van der Waals surface area contributed by atoms with Crippen molar-refractivity contribution >= 4 is 27.7 Å². The average molecular weight is 424 g/mol. The van der Waals surface area contributed by atoms with Gasteiger partial charge in [-0.05, 0) is 30.2 Å². The maximum Gasteiger partial charge on any atom is 0.244 e. The van der Waals surface area contributed by atoms with Crippen LogP contribution >= 0.6 is 0 Å². The first-order valence-corrected chi connectivity index (χ1v) is 11.7. The quantitative estimate of drug-likeness (QED) is 0.604. The van der Waals surface area contributed by atoms with E-state index in [4.69, 9.17) is 9.47 Å². The molecular formula is C20H29N3O5S. The summed E-state index contributed by atoms with van der Waals surface area (Å²) >= 11 is 0. The third kappa shape index (κ3) is 7.11. The van der Waals surface area contributed by atoms with Gasteiger partial charge < -0.3 is 14.8 Å². The molecule has 0 radical (unpaired) electrons. The molecule has 2 saturated heterocycles. The maximum atomic E-state index is 12.3. The molecule has 2 aliphatic rings. The van der Waals surface area contributed by atoms with Crippen LogP contribution in [-0.2, 0) is 24.3 Å². The fourth-order valence-electron chi connectivity index (χ4n) is 3.67. The molecule has 29 heavy (non-hydrogen) atoms. The van der Waals surface area contributed by atoms with Crippen molar-refractivity contribution in [2.45, 2.75) is 12.5 Å². The van der Waals surface area contributed by atoms with Gasteiger partial charge in [0.15, 0.2) is 0 Å². The number of benzene rings is 1. The van der Waals surface area contributed by atoms with Crippen molar-refractivity contribution in [1.29, 1.82) is 0 Å². The van der Waals surface area contributed by atoms with Crippen molar-refractivity contribution in [3.63, 3.8) is 0 Å². The Morgan fingerprint density at radius 2 is 1.93 bits per heavy atom. The molecule has 8 nitrogen and oxygen atoms in total. The molecule has 0 aliphatic carbocycles. The highest BCUT2D eigenvalue weighted by Gasteiger charge is 2.31. The van der Waals surface area contributed by atoms with Crippen molar-refractivity contribution in [1.82, 2.24) is 10.2 Å². The van der Waals surface area contributed by atoms with Gasteiger partial charge in [-0.15, -0.1) is 0 Å². The van der Waals surface area contributed by atoms with Crippen LogP contribution in [0.3, 0.4) is 0 Å². The number of rotatable bonds is 8. The van der Waals surface area contributed by atoms with Gasteiger partial charge in [0.2, 0.25) is 15.9 Å². The third-order valence-corrected chi connectivity index (χ3v) is 5.76. The first kappa shape index (κ1) is 21.8. The summed E-state index contributed by atoms with van der Waals surface area (Å²) in [5.41, 5.74) is 1.30. The Kier molecular flexibility index (Phi) is 7.65. The zero-order chi connectivity index (χ0) is 20.7. The molecule has 0 spiro atoms. The molecule has 0 bridgehead atoms. The molecule has 2 aliphatic heterocycles. The van der Waals surface area contributed by atoms with Crippen LogP contribution in [0.4, 0.5) is 5.69 Å². The van der Waals surface area contributed by atoms with E-state index in [1.54, 1.807) is 30.3 Å². The number of nitrogens with one attached hydrogen (secondary N) is 2. The summed E-state index contributed by atoms with van der Waals surface area (Å²) in [6, 6.07) is 7.08. The van der Waals surface area contributed by atoms with E-state index in [0.29, 0.717) is 18.2 Å². The van der Waals surface area contributed by atoms with E-state index in [9.17, 15) is 13.2 Å². The van der Waals surface area contributed by atoms with Crippen LogP contribution in [0.5, 0.6) is 0 Å². The number of hydrogen-bond acceptors (Lipinski definition) is 6. The largest absolute Gasteiger partial charge is 0.381 e. The average Bonchev–Trinajstić information content (AvgIpc) is 3.22. The lowest BCUT2D eigenvalue weighted by molar-refractivity contribution is -0.116. The number of hydrogen-bond donors (Lipinski definition) is 2. The van der Waals surface area contributed by atoms with Crippen LogP contribution in [0.1, 0.15) is 12.0 Å². The highest BCUT2D eigenvalue weighted by molar-refractivity contribution is 7.92. The highest BCUT2D eigenvalue weighted by atomic mass is 32.2. The van der Waals surface area contributed by atoms with Gasteiger partial charge in [0.05, 0.1) is 26.1 Å². The number of sulfonamides is 1. The smallest absolute Gasteiger partial charge is 0.244 e. The maximum absolute atomic E-state index is 12.3. The van der Waals surface area contributed by atoms with Crippen molar-refractivity contribution in [2.24, 2.45) is 5.92 Å². The minimum atomic E-state index is -3.30. The van der Waals surface area contributed by atoms with Crippen molar-refractivity contribution in [3.8, 4) is 0 Å². The number of carbonyl (C=O) groups excluding carboxylic acids is 1. The van der Waals surface area contributed by atoms with E-state index in [0.717, 1.165) is 57.8 Å². The van der Waals surface area contributed by atoms with Crippen LogP contribution in [-0.4, -0.2) is 77.6 Å². The van der Waals surface area contributed by atoms with Gasteiger partial charge in [-0.3, -0.25) is 14.4 Å². The predicted molar refractivity (Wildman–Crippen MR) is 112 cm³/mol. The normalized spacial score (nSPS) is 21.9. The second-order valence-corrected chi connectivity index (χ2v) is 9.16. The first-order chi connectivity index (χ1) is 13.9. The summed E-state index contributed by atoms with van der Waals surface area (Å²) < 4.78 is 35.9. The van der Waals surface area contributed by atoms with E-state index >= 15 is 0 Å². The highest BCUT2D eigenvalue weighted by Crippen LogP contribution is 2.22. The summed E-state index contributed by atoms with van der Waals surface area (Å²) in [6.45, 7) is 5.30. The standard InChI is InChI=1S/C20H29N3O5S/c1-29(25,26)22-18-5-2-16(3-6-18)4-7-20(24)21-14-19(17-8-11-28-15-17)23-9-12-27-13-10-23/h2-7,17,19,22H,8-15H2,1H3,(H,21,24)/b7-4+. The molecule has 0 aromatic heterocycles. The van der Waals surface area contributed by atoms with Crippen molar-refractivity contribution < 1.29 is 22.7 Å². The van der Waals surface area contributed by atoms with Crippen molar-refractivity contribution in [3.05, 3.63) is 35.9 Å². The predicted octanol–water partition coefficient (Wildman–Crippen LogP) is 0.925. The molecule has 2 unspecified atom stereocenters. The van der Waals surface area contributed by atoms with Gasteiger partial charge >= 0.3 is 0 Å². The van der Waals surface area contributed by atoms with Crippen molar-refractivity contribution in [2.75, 3.05) is 57.0 Å². The van der Waals surface area contributed by atoms with Gasteiger partial charge in [-0.2, -0.15) is 0 Å². The fourth-order valence-corrected chi connectivity index (χ4v) is 4.24. The number of morpholine rings is 1. The number of ether oxygens (including phenoxy) is 2. The minimum absolute atomic E-state index is 0.152. The Morgan fingerprint density at radius 3 is 2.55 bits per heavy atom. The molecule has 0 saturated carbocycles. The molecule has 2 heterocycles. The monoisotopic (exact) mass is 423 g/mol. The third-order valence-electron chi connectivity index (χ3n) is 5.15. The summed E-state index contributed by atoms with van der Waals surface area (Å²) in [6.07, 6.45) is 5.33. The molecule has 2 N–H and O–H groups in total.